The number of carbonyl (C=O) groups is 3. The number of hydrogen-bond donors (Lipinski definition) is 1. The maximum Gasteiger partial charge on any atom is 0.410 e. The standard InChI is InChI=1S/C30H44N6O4/c1-29(2,3)40-28(39)34-13-7-8-20(18-34)19-35-14-11-22(17-30(35,4)5)21-9-10-23-24(16-21)33(6)32-26(23)36-15-12-25(37)31-27(36)38/h9-10,16,20,22H,7-8,11-15,17-19H2,1-6H3,(H,31,37,38). The van der Waals surface area contributed by atoms with Gasteiger partial charge in [0, 0.05) is 50.6 Å². The van der Waals surface area contributed by atoms with E-state index in [1.165, 1.54) is 5.56 Å². The number of benzene rings is 1. The number of piperidine rings is 2. The molecule has 0 radical (unpaired) electrons. The summed E-state index contributed by atoms with van der Waals surface area (Å²) in [6, 6.07) is 6.05. The third-order valence-corrected chi connectivity index (χ3v) is 8.64. The van der Waals surface area contributed by atoms with Crippen LogP contribution in [-0.2, 0) is 16.6 Å². The first-order chi connectivity index (χ1) is 18.8. The van der Waals surface area contributed by atoms with Gasteiger partial charge in [-0.25, -0.2) is 9.59 Å². The fraction of sp³-hybridized carbons (Fsp3) is 0.667. The maximum absolute atomic E-state index is 12.7. The van der Waals surface area contributed by atoms with Crippen LogP contribution in [-0.4, -0.2) is 81.5 Å². The predicted octanol–water partition coefficient (Wildman–Crippen LogP) is 4.62. The van der Waals surface area contributed by atoms with Crippen molar-refractivity contribution in [1.29, 1.82) is 0 Å². The minimum absolute atomic E-state index is 0.0299. The van der Waals surface area contributed by atoms with Gasteiger partial charge >= 0.3 is 12.1 Å². The summed E-state index contributed by atoms with van der Waals surface area (Å²) >= 11 is 0. The average Bonchev–Trinajstić information content (AvgIpc) is 3.19. The van der Waals surface area contributed by atoms with Crippen LogP contribution in [0.15, 0.2) is 18.2 Å². The molecule has 1 N–H and O–H groups in total. The third-order valence-electron chi connectivity index (χ3n) is 8.64. The van der Waals surface area contributed by atoms with Crippen LogP contribution >= 0.6 is 0 Å². The molecular formula is C30H44N6O4. The zero-order valence-corrected chi connectivity index (χ0v) is 24.8. The van der Waals surface area contributed by atoms with Gasteiger partial charge in [-0.1, -0.05) is 6.07 Å². The largest absolute Gasteiger partial charge is 0.444 e. The number of nitrogens with one attached hydrogen (secondary N) is 1. The molecule has 2 unspecified atom stereocenters. The van der Waals surface area contributed by atoms with E-state index in [1.54, 1.807) is 4.90 Å². The number of rotatable bonds is 4. The molecular weight excluding hydrogens is 508 g/mol. The first kappa shape index (κ1) is 28.4. The lowest BCUT2D eigenvalue weighted by molar-refractivity contribution is -0.120. The fourth-order valence-corrected chi connectivity index (χ4v) is 6.56. The van der Waals surface area contributed by atoms with Crippen LogP contribution in [0.4, 0.5) is 15.4 Å². The number of imide groups is 1. The van der Waals surface area contributed by atoms with Gasteiger partial charge < -0.3 is 9.64 Å². The first-order valence-electron chi connectivity index (χ1n) is 14.6. The molecule has 0 aliphatic carbocycles. The van der Waals surface area contributed by atoms with Crippen LogP contribution in [0.3, 0.4) is 0 Å². The molecule has 3 saturated heterocycles. The van der Waals surface area contributed by atoms with Gasteiger partial charge in [-0.05, 0) is 96.4 Å². The molecule has 4 heterocycles. The van der Waals surface area contributed by atoms with Crippen molar-refractivity contribution in [2.45, 2.75) is 83.8 Å². The molecule has 5 rings (SSSR count). The highest BCUT2D eigenvalue weighted by Gasteiger charge is 2.38. The van der Waals surface area contributed by atoms with E-state index >= 15 is 0 Å². The highest BCUT2D eigenvalue weighted by atomic mass is 16.6. The van der Waals surface area contributed by atoms with Gasteiger partial charge in [-0.2, -0.15) is 5.10 Å². The van der Waals surface area contributed by atoms with Crippen molar-refractivity contribution in [3.8, 4) is 0 Å². The van der Waals surface area contributed by atoms with Gasteiger partial charge in [0.2, 0.25) is 5.91 Å². The van der Waals surface area contributed by atoms with Crippen LogP contribution in [0.2, 0.25) is 0 Å². The lowest BCUT2D eigenvalue weighted by atomic mass is 9.78. The van der Waals surface area contributed by atoms with E-state index < -0.39 is 11.6 Å². The lowest BCUT2D eigenvalue weighted by Crippen LogP contribution is -2.53. The molecule has 218 valence electrons. The Morgan fingerprint density at radius 2 is 1.93 bits per heavy atom. The molecule has 10 nitrogen and oxygen atoms in total. The number of aryl methyl sites for hydroxylation is 1. The normalized spacial score (nSPS) is 24.4. The molecule has 1 aromatic heterocycles. The number of nitrogens with zero attached hydrogens (tertiary/aromatic N) is 5. The highest BCUT2D eigenvalue weighted by molar-refractivity contribution is 6.08. The minimum atomic E-state index is -0.476. The molecule has 0 spiro atoms. The lowest BCUT2D eigenvalue weighted by Gasteiger charge is -2.48. The number of aromatic nitrogens is 2. The molecule has 10 heteroatoms. The Labute approximate surface area is 237 Å². The van der Waals surface area contributed by atoms with Gasteiger partial charge in [0.15, 0.2) is 5.82 Å². The Balaban J connectivity index is 1.25. The van der Waals surface area contributed by atoms with E-state index in [-0.39, 0.29) is 24.0 Å². The smallest absolute Gasteiger partial charge is 0.410 e. The fourth-order valence-electron chi connectivity index (χ4n) is 6.56. The molecule has 3 fully saturated rings. The molecule has 0 bridgehead atoms. The van der Waals surface area contributed by atoms with Crippen molar-refractivity contribution < 1.29 is 19.1 Å². The molecule has 0 saturated carbocycles. The number of hydrogen-bond acceptors (Lipinski definition) is 6. The number of fused-ring (bicyclic) bond motifs is 1. The molecule has 4 amide bonds. The van der Waals surface area contributed by atoms with E-state index in [9.17, 15) is 14.4 Å². The van der Waals surface area contributed by atoms with Gasteiger partial charge in [-0.3, -0.25) is 24.6 Å². The minimum Gasteiger partial charge on any atom is -0.444 e. The molecule has 3 aliphatic rings. The van der Waals surface area contributed by atoms with Crippen LogP contribution in [0, 0.1) is 5.92 Å². The summed E-state index contributed by atoms with van der Waals surface area (Å²) in [5, 5.41) is 7.95. The second-order valence-electron chi connectivity index (χ2n) is 13.4. The Kier molecular flexibility index (Phi) is 7.58. The summed E-state index contributed by atoms with van der Waals surface area (Å²) < 4.78 is 7.47. The van der Waals surface area contributed by atoms with Gasteiger partial charge in [0.05, 0.1) is 5.52 Å². The first-order valence-corrected chi connectivity index (χ1v) is 14.6. The maximum atomic E-state index is 12.7. The third kappa shape index (κ3) is 5.96. The summed E-state index contributed by atoms with van der Waals surface area (Å²) in [4.78, 5) is 42.8. The van der Waals surface area contributed by atoms with E-state index in [0.29, 0.717) is 24.2 Å². The van der Waals surface area contributed by atoms with Gasteiger partial charge in [-0.15, -0.1) is 0 Å². The number of amides is 4. The van der Waals surface area contributed by atoms with Crippen molar-refractivity contribution in [1.82, 2.24) is 24.9 Å². The highest BCUT2D eigenvalue weighted by Crippen LogP contribution is 2.40. The average molecular weight is 553 g/mol. The van der Waals surface area contributed by atoms with Crippen molar-refractivity contribution >= 4 is 34.8 Å². The SMILES string of the molecule is Cn1nc(N2CCC(=O)NC2=O)c2ccc(C3CCN(CC4CCCN(C(=O)OC(C)(C)C)C4)C(C)(C)C3)cc21. The van der Waals surface area contributed by atoms with Crippen LogP contribution in [0.1, 0.15) is 78.2 Å². The molecule has 2 atom stereocenters. The molecule has 3 aliphatic heterocycles. The molecule has 40 heavy (non-hydrogen) atoms. The molecule has 2 aromatic rings. The van der Waals surface area contributed by atoms with Gasteiger partial charge in [0.1, 0.15) is 5.60 Å². The van der Waals surface area contributed by atoms with Crippen LogP contribution < -0.4 is 10.2 Å². The van der Waals surface area contributed by atoms with Gasteiger partial charge in [0.25, 0.3) is 0 Å². The van der Waals surface area contributed by atoms with Crippen molar-refractivity contribution in [2.24, 2.45) is 13.0 Å². The number of carbonyl (C=O) groups excluding carboxylic acids is 3. The van der Waals surface area contributed by atoms with E-state index in [1.807, 2.05) is 37.4 Å². The summed E-state index contributed by atoms with van der Waals surface area (Å²) in [6.45, 7) is 14.3. The van der Waals surface area contributed by atoms with E-state index in [4.69, 9.17) is 4.74 Å². The Morgan fingerprint density at radius 1 is 1.15 bits per heavy atom. The second kappa shape index (κ2) is 10.7. The monoisotopic (exact) mass is 552 g/mol. The van der Waals surface area contributed by atoms with Crippen molar-refractivity contribution in [3.63, 3.8) is 0 Å². The topological polar surface area (TPSA) is 100 Å². The number of ether oxygens (including phenoxy) is 1. The Hall–Kier alpha value is -3.14. The van der Waals surface area contributed by atoms with Crippen LogP contribution in [0.5, 0.6) is 0 Å². The zero-order chi connectivity index (χ0) is 28.8. The molecule has 1 aromatic carbocycles. The van der Waals surface area contributed by atoms with E-state index in [0.717, 1.165) is 62.8 Å². The number of urea groups is 1. The number of likely N-dealkylation sites (tertiary alicyclic amines) is 2. The summed E-state index contributed by atoms with van der Waals surface area (Å²) in [7, 11) is 1.90. The summed E-state index contributed by atoms with van der Waals surface area (Å²) in [5.74, 6) is 1.22. The predicted molar refractivity (Wildman–Crippen MR) is 154 cm³/mol. The quantitative estimate of drug-likeness (QED) is 0.594. The Bertz CT molecular complexity index is 1300. The van der Waals surface area contributed by atoms with Crippen molar-refractivity contribution in [2.75, 3.05) is 37.6 Å². The van der Waals surface area contributed by atoms with Crippen molar-refractivity contribution in [3.05, 3.63) is 23.8 Å². The zero-order valence-electron chi connectivity index (χ0n) is 24.8. The Morgan fingerprint density at radius 3 is 2.62 bits per heavy atom. The van der Waals surface area contributed by atoms with Crippen LogP contribution in [0.25, 0.3) is 10.9 Å². The summed E-state index contributed by atoms with van der Waals surface area (Å²) in [5.41, 5.74) is 1.84. The number of anilines is 1. The van der Waals surface area contributed by atoms with E-state index in [2.05, 4.69) is 47.4 Å². The second-order valence-corrected chi connectivity index (χ2v) is 13.4. The summed E-state index contributed by atoms with van der Waals surface area (Å²) in [6.07, 6.45) is 4.34.